The lowest BCUT2D eigenvalue weighted by Gasteiger charge is -2.42. The molecule has 4 heterocycles. The number of amides is 1. The summed E-state index contributed by atoms with van der Waals surface area (Å²) in [6.07, 6.45) is 3.67. The monoisotopic (exact) mass is 433 g/mol. The molecule has 0 N–H and O–H groups in total. The topological polar surface area (TPSA) is 45.7 Å². The highest BCUT2D eigenvalue weighted by Gasteiger charge is 2.56. The molecular formula is C25H27N3O2S. The summed E-state index contributed by atoms with van der Waals surface area (Å²) < 4.78 is 6.39. The molecule has 3 aromatic rings. The number of aromatic nitrogens is 1. The fourth-order valence-electron chi connectivity index (χ4n) is 4.94. The third-order valence-corrected chi connectivity index (χ3v) is 7.09. The number of nitrogens with zero attached hydrogens (tertiary/aromatic N) is 3. The molecule has 0 radical (unpaired) electrons. The molecule has 2 aliphatic heterocycles. The fraction of sp³-hybridized carbons (Fsp3) is 0.360. The second kappa shape index (κ2) is 8.54. The van der Waals surface area contributed by atoms with Gasteiger partial charge in [0.25, 0.3) is 5.91 Å². The minimum atomic E-state index is -0.860. The SMILES string of the molecule is Cc1cccc(CN2C[C@@H](c3cccnc3)[C@]3(C2)OCCN(Cc2ccsc2)C3=O)c1. The van der Waals surface area contributed by atoms with Crippen molar-refractivity contribution in [3.63, 3.8) is 0 Å². The van der Waals surface area contributed by atoms with Crippen LogP contribution in [0.3, 0.4) is 0 Å². The van der Waals surface area contributed by atoms with E-state index >= 15 is 0 Å². The van der Waals surface area contributed by atoms with Crippen molar-refractivity contribution < 1.29 is 9.53 Å². The lowest BCUT2D eigenvalue weighted by Crippen LogP contribution is -2.59. The van der Waals surface area contributed by atoms with E-state index in [9.17, 15) is 4.79 Å². The van der Waals surface area contributed by atoms with Crippen molar-refractivity contribution in [2.75, 3.05) is 26.2 Å². The Bertz CT molecular complexity index is 1040. The quantitative estimate of drug-likeness (QED) is 0.613. The molecule has 2 aromatic heterocycles. The summed E-state index contributed by atoms with van der Waals surface area (Å²) in [5.41, 5.74) is 3.91. The standard InChI is InChI=1S/C25H27N3O2S/c1-19-4-2-5-20(12-19)14-27-16-23(22-6-3-8-26-13-22)25(18-27)24(29)28(9-10-30-25)15-21-7-11-31-17-21/h2-8,11-13,17,23H,9-10,14-16,18H2,1H3/t23-,25-/m0/s1. The van der Waals surface area contributed by atoms with Crippen LogP contribution in [0, 0.1) is 6.92 Å². The van der Waals surface area contributed by atoms with Crippen LogP contribution < -0.4 is 0 Å². The Morgan fingerprint density at radius 2 is 2.13 bits per heavy atom. The van der Waals surface area contributed by atoms with Gasteiger partial charge in [-0.3, -0.25) is 14.7 Å². The first-order valence-corrected chi connectivity index (χ1v) is 11.7. The van der Waals surface area contributed by atoms with Crippen LogP contribution in [-0.2, 0) is 22.6 Å². The molecule has 1 aromatic carbocycles. The largest absolute Gasteiger partial charge is 0.361 e. The van der Waals surface area contributed by atoms with Crippen molar-refractivity contribution >= 4 is 17.2 Å². The second-order valence-corrected chi connectivity index (χ2v) is 9.37. The molecule has 160 valence electrons. The number of carbonyl (C=O) groups is 1. The molecule has 1 spiro atoms. The zero-order valence-electron chi connectivity index (χ0n) is 17.7. The molecule has 2 fully saturated rings. The highest BCUT2D eigenvalue weighted by atomic mass is 32.1. The first kappa shape index (κ1) is 20.4. The Balaban J connectivity index is 1.45. The molecule has 2 saturated heterocycles. The maximum atomic E-state index is 13.9. The van der Waals surface area contributed by atoms with Gasteiger partial charge in [0.15, 0.2) is 5.60 Å². The summed E-state index contributed by atoms with van der Waals surface area (Å²) in [5, 5.41) is 4.18. The van der Waals surface area contributed by atoms with E-state index in [1.807, 2.05) is 17.2 Å². The zero-order chi connectivity index (χ0) is 21.3. The average molecular weight is 434 g/mol. The summed E-state index contributed by atoms with van der Waals surface area (Å²) in [6, 6.07) is 14.7. The van der Waals surface area contributed by atoms with Crippen molar-refractivity contribution in [1.29, 1.82) is 0 Å². The van der Waals surface area contributed by atoms with Crippen LogP contribution in [0.2, 0.25) is 0 Å². The maximum absolute atomic E-state index is 13.9. The normalized spacial score (nSPS) is 24.2. The van der Waals surface area contributed by atoms with Crippen LogP contribution in [0.25, 0.3) is 0 Å². The Kier molecular flexibility index (Phi) is 5.61. The van der Waals surface area contributed by atoms with Gasteiger partial charge >= 0.3 is 0 Å². The van der Waals surface area contributed by atoms with Gasteiger partial charge in [0.1, 0.15) is 0 Å². The number of thiophene rings is 1. The number of rotatable bonds is 5. The number of carbonyl (C=O) groups excluding carboxylic acids is 1. The number of morpholine rings is 1. The molecular weight excluding hydrogens is 406 g/mol. The third-order valence-electron chi connectivity index (χ3n) is 6.36. The minimum Gasteiger partial charge on any atom is -0.361 e. The number of hydrogen-bond donors (Lipinski definition) is 0. The predicted molar refractivity (Wildman–Crippen MR) is 122 cm³/mol. The summed E-state index contributed by atoms with van der Waals surface area (Å²) in [6.45, 7) is 6.13. The number of likely N-dealkylation sites (tertiary alicyclic amines) is 1. The number of hydrogen-bond acceptors (Lipinski definition) is 5. The van der Waals surface area contributed by atoms with Gasteiger partial charge in [-0.1, -0.05) is 35.9 Å². The predicted octanol–water partition coefficient (Wildman–Crippen LogP) is 3.85. The van der Waals surface area contributed by atoms with Gasteiger partial charge in [-0.25, -0.2) is 0 Å². The lowest BCUT2D eigenvalue weighted by molar-refractivity contribution is -0.173. The van der Waals surface area contributed by atoms with E-state index in [1.54, 1.807) is 17.5 Å². The van der Waals surface area contributed by atoms with E-state index in [4.69, 9.17) is 4.74 Å². The molecule has 2 aliphatic rings. The minimum absolute atomic E-state index is 0.0382. The van der Waals surface area contributed by atoms with E-state index in [0.29, 0.717) is 26.2 Å². The second-order valence-electron chi connectivity index (χ2n) is 8.59. The van der Waals surface area contributed by atoms with E-state index < -0.39 is 5.60 Å². The molecule has 2 atom stereocenters. The van der Waals surface area contributed by atoms with Gasteiger partial charge in [0.05, 0.1) is 6.61 Å². The highest BCUT2D eigenvalue weighted by molar-refractivity contribution is 7.07. The number of ether oxygens (including phenoxy) is 1. The zero-order valence-corrected chi connectivity index (χ0v) is 18.6. The van der Waals surface area contributed by atoms with Crippen molar-refractivity contribution in [2.45, 2.75) is 31.5 Å². The van der Waals surface area contributed by atoms with Crippen LogP contribution in [-0.4, -0.2) is 52.5 Å². The Labute approximate surface area is 187 Å². The smallest absolute Gasteiger partial charge is 0.257 e. The lowest BCUT2D eigenvalue weighted by atomic mass is 9.83. The Morgan fingerprint density at radius 1 is 1.19 bits per heavy atom. The molecule has 5 nitrogen and oxygen atoms in total. The molecule has 31 heavy (non-hydrogen) atoms. The van der Waals surface area contributed by atoms with Crippen LogP contribution in [0.15, 0.2) is 65.6 Å². The van der Waals surface area contributed by atoms with E-state index in [1.165, 1.54) is 16.7 Å². The summed E-state index contributed by atoms with van der Waals surface area (Å²) >= 11 is 1.67. The Morgan fingerprint density at radius 3 is 2.90 bits per heavy atom. The van der Waals surface area contributed by atoms with Gasteiger partial charge in [0.2, 0.25) is 0 Å². The fourth-order valence-corrected chi connectivity index (χ4v) is 5.60. The van der Waals surface area contributed by atoms with E-state index in [2.05, 4.69) is 64.0 Å². The molecule has 0 bridgehead atoms. The molecule has 0 aliphatic carbocycles. The van der Waals surface area contributed by atoms with Crippen LogP contribution in [0.5, 0.6) is 0 Å². The van der Waals surface area contributed by atoms with E-state index in [-0.39, 0.29) is 11.8 Å². The first-order chi connectivity index (χ1) is 15.1. The van der Waals surface area contributed by atoms with Crippen LogP contribution >= 0.6 is 11.3 Å². The third kappa shape index (κ3) is 4.03. The van der Waals surface area contributed by atoms with Crippen LogP contribution in [0.1, 0.15) is 28.2 Å². The summed E-state index contributed by atoms with van der Waals surface area (Å²) in [4.78, 5) is 22.5. The maximum Gasteiger partial charge on any atom is 0.257 e. The van der Waals surface area contributed by atoms with Gasteiger partial charge in [-0.2, -0.15) is 11.3 Å². The summed E-state index contributed by atoms with van der Waals surface area (Å²) in [7, 11) is 0. The van der Waals surface area contributed by atoms with Gasteiger partial charge < -0.3 is 9.64 Å². The number of aryl methyl sites for hydroxylation is 1. The number of pyridine rings is 1. The Hall–Kier alpha value is -2.54. The average Bonchev–Trinajstić information content (AvgIpc) is 3.41. The van der Waals surface area contributed by atoms with Crippen molar-refractivity contribution in [2.24, 2.45) is 0 Å². The van der Waals surface area contributed by atoms with E-state index in [0.717, 1.165) is 18.7 Å². The molecule has 5 rings (SSSR count). The number of benzene rings is 1. The summed E-state index contributed by atoms with van der Waals surface area (Å²) in [5.74, 6) is 0.0642. The van der Waals surface area contributed by atoms with Gasteiger partial charge in [-0.15, -0.1) is 0 Å². The van der Waals surface area contributed by atoms with Gasteiger partial charge in [0, 0.05) is 51.0 Å². The van der Waals surface area contributed by atoms with Crippen LogP contribution in [0.4, 0.5) is 0 Å². The van der Waals surface area contributed by atoms with Gasteiger partial charge in [-0.05, 0) is 46.5 Å². The van der Waals surface area contributed by atoms with Crippen molar-refractivity contribution in [3.05, 3.63) is 87.9 Å². The molecule has 6 heteroatoms. The molecule has 0 saturated carbocycles. The molecule has 0 unspecified atom stereocenters. The first-order valence-electron chi connectivity index (χ1n) is 10.8. The molecule has 1 amide bonds. The highest BCUT2D eigenvalue weighted by Crippen LogP contribution is 2.42. The van der Waals surface area contributed by atoms with Crippen molar-refractivity contribution in [3.8, 4) is 0 Å². The van der Waals surface area contributed by atoms with Crippen molar-refractivity contribution in [1.82, 2.24) is 14.8 Å².